The molecule has 0 bridgehead atoms. The van der Waals surface area contributed by atoms with E-state index < -0.39 is 0 Å². The van der Waals surface area contributed by atoms with Gasteiger partial charge in [-0.15, -0.1) is 22.9 Å². The van der Waals surface area contributed by atoms with Gasteiger partial charge in [-0.1, -0.05) is 12.1 Å². The highest BCUT2D eigenvalue weighted by atomic mass is 35.5. The van der Waals surface area contributed by atoms with Crippen molar-refractivity contribution < 1.29 is 4.42 Å². The summed E-state index contributed by atoms with van der Waals surface area (Å²) in [7, 11) is 0. The average molecular weight is 250 g/mol. The van der Waals surface area contributed by atoms with Gasteiger partial charge < -0.3 is 4.42 Å². The van der Waals surface area contributed by atoms with Gasteiger partial charge in [-0.2, -0.15) is 0 Å². The molecule has 3 aromatic rings. The minimum atomic E-state index is 0.394. The molecule has 0 amide bonds. The molecule has 0 aliphatic carbocycles. The molecule has 80 valence electrons. The fourth-order valence-electron chi connectivity index (χ4n) is 1.54. The number of halogens is 1. The Morgan fingerprint density at radius 3 is 2.81 bits per heavy atom. The summed E-state index contributed by atoms with van der Waals surface area (Å²) in [6.45, 7) is 0. The van der Waals surface area contributed by atoms with Crippen molar-refractivity contribution in [3.8, 4) is 10.8 Å². The first-order valence-electron chi connectivity index (χ1n) is 4.87. The normalized spacial score (nSPS) is 11.1. The van der Waals surface area contributed by atoms with E-state index in [1.165, 1.54) is 4.70 Å². The number of benzene rings is 1. The molecule has 0 spiro atoms. The number of hydrogen-bond donors (Lipinski definition) is 0. The van der Waals surface area contributed by atoms with E-state index >= 15 is 0 Å². The maximum absolute atomic E-state index is 5.70. The summed E-state index contributed by atoms with van der Waals surface area (Å²) < 4.78 is 6.73. The molecule has 0 saturated carbocycles. The number of hydrogen-bond acceptors (Lipinski definition) is 3. The van der Waals surface area contributed by atoms with Crippen LogP contribution in [0, 0.1) is 0 Å². The highest BCUT2D eigenvalue weighted by Crippen LogP contribution is 2.31. The van der Waals surface area contributed by atoms with Crippen molar-refractivity contribution in [1.82, 2.24) is 4.98 Å². The quantitative estimate of drug-likeness (QED) is 0.633. The van der Waals surface area contributed by atoms with Crippen LogP contribution in [0.25, 0.3) is 21.0 Å². The monoisotopic (exact) mass is 249 g/mol. The van der Waals surface area contributed by atoms with Gasteiger partial charge in [-0.3, -0.25) is 0 Å². The first kappa shape index (κ1) is 9.87. The van der Waals surface area contributed by atoms with E-state index in [2.05, 4.69) is 11.1 Å². The van der Waals surface area contributed by atoms with Crippen LogP contribution in [-0.2, 0) is 5.88 Å². The summed E-state index contributed by atoms with van der Waals surface area (Å²) in [5.41, 5.74) is 1.01. The van der Waals surface area contributed by atoms with E-state index in [0.29, 0.717) is 5.88 Å². The smallest absolute Gasteiger partial charge is 0.163 e. The summed E-state index contributed by atoms with van der Waals surface area (Å²) in [6, 6.07) is 11.8. The van der Waals surface area contributed by atoms with E-state index in [1.54, 1.807) is 11.3 Å². The first-order valence-corrected chi connectivity index (χ1v) is 6.22. The molecule has 0 N–H and O–H groups in total. The zero-order valence-corrected chi connectivity index (χ0v) is 9.89. The maximum Gasteiger partial charge on any atom is 0.163 e. The Morgan fingerprint density at radius 1 is 1.19 bits per heavy atom. The van der Waals surface area contributed by atoms with Gasteiger partial charge in [0.25, 0.3) is 0 Å². The molecule has 2 aromatic heterocycles. The van der Waals surface area contributed by atoms with Crippen LogP contribution in [0.3, 0.4) is 0 Å². The molecule has 4 heteroatoms. The van der Waals surface area contributed by atoms with E-state index in [-0.39, 0.29) is 0 Å². The number of para-hydroxylation sites is 1. The Balaban J connectivity index is 2.11. The van der Waals surface area contributed by atoms with Crippen molar-refractivity contribution in [2.45, 2.75) is 5.88 Å². The van der Waals surface area contributed by atoms with Crippen molar-refractivity contribution >= 4 is 33.2 Å². The van der Waals surface area contributed by atoms with Gasteiger partial charge in [0.05, 0.1) is 16.1 Å². The van der Waals surface area contributed by atoms with E-state index in [4.69, 9.17) is 16.0 Å². The molecule has 2 nitrogen and oxygen atoms in total. The Morgan fingerprint density at radius 2 is 2.06 bits per heavy atom. The van der Waals surface area contributed by atoms with E-state index in [0.717, 1.165) is 22.0 Å². The van der Waals surface area contributed by atoms with Gasteiger partial charge in [0.1, 0.15) is 5.76 Å². The lowest BCUT2D eigenvalue weighted by Crippen LogP contribution is -1.70. The Hall–Kier alpha value is -1.32. The molecule has 16 heavy (non-hydrogen) atoms. The van der Waals surface area contributed by atoms with Crippen LogP contribution < -0.4 is 0 Å². The van der Waals surface area contributed by atoms with Gasteiger partial charge in [0.15, 0.2) is 10.8 Å². The highest BCUT2D eigenvalue weighted by Gasteiger charge is 2.09. The first-order chi connectivity index (χ1) is 7.86. The Labute approximate surface area is 101 Å². The van der Waals surface area contributed by atoms with Crippen LogP contribution in [0.5, 0.6) is 0 Å². The van der Waals surface area contributed by atoms with Crippen molar-refractivity contribution in [2.24, 2.45) is 0 Å². The number of nitrogens with zero attached hydrogens (tertiary/aromatic N) is 1. The SMILES string of the molecule is ClCc1ccc(-c2nc3ccccc3s2)o1. The van der Waals surface area contributed by atoms with Crippen LogP contribution in [0.15, 0.2) is 40.8 Å². The van der Waals surface area contributed by atoms with Crippen LogP contribution in [0.4, 0.5) is 0 Å². The molecule has 0 radical (unpaired) electrons. The third kappa shape index (κ3) is 1.62. The van der Waals surface area contributed by atoms with Gasteiger partial charge >= 0.3 is 0 Å². The zero-order chi connectivity index (χ0) is 11.0. The summed E-state index contributed by atoms with van der Waals surface area (Å²) in [6.07, 6.45) is 0. The maximum atomic E-state index is 5.70. The van der Waals surface area contributed by atoms with Crippen molar-refractivity contribution in [3.63, 3.8) is 0 Å². The predicted octanol–water partition coefficient (Wildman–Crippen LogP) is 4.30. The Kier molecular flexibility index (Phi) is 2.42. The lowest BCUT2D eigenvalue weighted by molar-refractivity contribution is 0.543. The molecular weight excluding hydrogens is 242 g/mol. The molecule has 0 fully saturated rings. The number of alkyl halides is 1. The molecule has 0 aliphatic heterocycles. The zero-order valence-electron chi connectivity index (χ0n) is 8.31. The number of aromatic nitrogens is 1. The molecular formula is C12H8ClNOS. The number of thiazole rings is 1. The van der Waals surface area contributed by atoms with Gasteiger partial charge in [0.2, 0.25) is 0 Å². The van der Waals surface area contributed by atoms with Gasteiger partial charge in [-0.05, 0) is 24.3 Å². The second-order valence-corrected chi connectivity index (χ2v) is 4.68. The number of fused-ring (bicyclic) bond motifs is 1. The van der Waals surface area contributed by atoms with Crippen LogP contribution in [-0.4, -0.2) is 4.98 Å². The van der Waals surface area contributed by atoms with E-state index in [9.17, 15) is 0 Å². The average Bonchev–Trinajstić information content (AvgIpc) is 2.95. The second kappa shape index (κ2) is 3.92. The van der Waals surface area contributed by atoms with Crippen molar-refractivity contribution in [1.29, 1.82) is 0 Å². The van der Waals surface area contributed by atoms with Gasteiger partial charge in [-0.25, -0.2) is 4.98 Å². The van der Waals surface area contributed by atoms with Crippen LogP contribution in [0.1, 0.15) is 5.76 Å². The fourth-order valence-corrected chi connectivity index (χ4v) is 2.61. The highest BCUT2D eigenvalue weighted by molar-refractivity contribution is 7.21. The summed E-state index contributed by atoms with van der Waals surface area (Å²) in [4.78, 5) is 4.51. The third-order valence-corrected chi connectivity index (χ3v) is 3.61. The number of furan rings is 1. The molecule has 0 atom stereocenters. The third-order valence-electron chi connectivity index (χ3n) is 2.30. The molecule has 1 aromatic carbocycles. The lowest BCUT2D eigenvalue weighted by atomic mass is 10.3. The molecule has 0 aliphatic rings. The fraction of sp³-hybridized carbons (Fsp3) is 0.0833. The lowest BCUT2D eigenvalue weighted by Gasteiger charge is -1.87. The Bertz CT molecular complexity index is 596. The topological polar surface area (TPSA) is 26.0 Å². The van der Waals surface area contributed by atoms with Crippen molar-refractivity contribution in [3.05, 3.63) is 42.2 Å². The standard InChI is InChI=1S/C12H8ClNOS/c13-7-8-5-6-10(15-8)12-14-9-3-1-2-4-11(9)16-12/h1-6H,7H2. The minimum Gasteiger partial charge on any atom is -0.457 e. The van der Waals surface area contributed by atoms with E-state index in [1.807, 2.05) is 30.3 Å². The molecule has 0 saturated heterocycles. The second-order valence-electron chi connectivity index (χ2n) is 3.39. The predicted molar refractivity (Wildman–Crippen MR) is 66.9 cm³/mol. The van der Waals surface area contributed by atoms with Crippen LogP contribution >= 0.6 is 22.9 Å². The minimum absolute atomic E-state index is 0.394. The molecule has 2 heterocycles. The summed E-state index contributed by atoms with van der Waals surface area (Å²) >= 11 is 7.32. The largest absolute Gasteiger partial charge is 0.457 e. The summed E-state index contributed by atoms with van der Waals surface area (Å²) in [5.74, 6) is 1.96. The van der Waals surface area contributed by atoms with Crippen molar-refractivity contribution in [2.75, 3.05) is 0 Å². The number of rotatable bonds is 2. The van der Waals surface area contributed by atoms with Gasteiger partial charge in [0, 0.05) is 0 Å². The summed E-state index contributed by atoms with van der Waals surface area (Å²) in [5, 5.41) is 0.901. The molecule has 3 rings (SSSR count). The molecule has 0 unspecified atom stereocenters. The van der Waals surface area contributed by atoms with Crippen LogP contribution in [0.2, 0.25) is 0 Å².